The zero-order chi connectivity index (χ0) is 17.8. The standard InChI is InChI=1S/C20H23NO3S/c1-14(19(22)21(2)13-15-8-4-3-5-9-15)24-20(23)18-12-16-10-6-7-11-17(16)25-18/h3-5,8-9,12,14H,6-7,10-11,13H2,1-2H3/t14-/m1/s1. The van der Waals surface area contributed by atoms with Crippen LogP contribution in [0.15, 0.2) is 36.4 Å². The van der Waals surface area contributed by atoms with E-state index in [1.165, 1.54) is 34.6 Å². The summed E-state index contributed by atoms with van der Waals surface area (Å²) in [5, 5.41) is 0. The number of likely N-dealkylation sites (N-methyl/N-ethyl adjacent to an activating group) is 1. The second kappa shape index (κ2) is 7.83. The van der Waals surface area contributed by atoms with E-state index in [0.29, 0.717) is 11.4 Å². The number of carbonyl (C=O) groups excluding carboxylic acids is 2. The molecule has 4 nitrogen and oxygen atoms in total. The Morgan fingerprint density at radius 2 is 1.92 bits per heavy atom. The molecule has 0 saturated heterocycles. The monoisotopic (exact) mass is 357 g/mol. The average Bonchev–Trinajstić information content (AvgIpc) is 3.06. The van der Waals surface area contributed by atoms with Crippen molar-refractivity contribution in [1.29, 1.82) is 0 Å². The number of carbonyl (C=O) groups is 2. The molecule has 1 aliphatic rings. The van der Waals surface area contributed by atoms with E-state index in [1.54, 1.807) is 18.9 Å². The van der Waals surface area contributed by atoms with Gasteiger partial charge >= 0.3 is 5.97 Å². The van der Waals surface area contributed by atoms with Gasteiger partial charge in [0.2, 0.25) is 0 Å². The predicted molar refractivity (Wildman–Crippen MR) is 98.8 cm³/mol. The van der Waals surface area contributed by atoms with Gasteiger partial charge in [0.15, 0.2) is 6.10 Å². The molecule has 0 radical (unpaired) electrons. The number of hydrogen-bond acceptors (Lipinski definition) is 4. The van der Waals surface area contributed by atoms with Crippen LogP contribution in [0.3, 0.4) is 0 Å². The van der Waals surface area contributed by atoms with Crippen LogP contribution in [0.5, 0.6) is 0 Å². The highest BCUT2D eigenvalue weighted by Gasteiger charge is 2.24. The van der Waals surface area contributed by atoms with Crippen molar-refractivity contribution >= 4 is 23.2 Å². The number of rotatable bonds is 5. The fraction of sp³-hybridized carbons (Fsp3) is 0.400. The molecule has 0 unspecified atom stereocenters. The quantitative estimate of drug-likeness (QED) is 0.764. The van der Waals surface area contributed by atoms with Crippen molar-refractivity contribution in [3.8, 4) is 0 Å². The van der Waals surface area contributed by atoms with Gasteiger partial charge < -0.3 is 9.64 Å². The van der Waals surface area contributed by atoms with Crippen molar-refractivity contribution in [3.05, 3.63) is 57.3 Å². The zero-order valence-corrected chi connectivity index (χ0v) is 15.5. The van der Waals surface area contributed by atoms with Crippen LogP contribution in [0.4, 0.5) is 0 Å². The van der Waals surface area contributed by atoms with E-state index in [2.05, 4.69) is 0 Å². The van der Waals surface area contributed by atoms with Gasteiger partial charge in [-0.15, -0.1) is 11.3 Å². The largest absolute Gasteiger partial charge is 0.448 e. The van der Waals surface area contributed by atoms with Gasteiger partial charge in [-0.1, -0.05) is 30.3 Å². The van der Waals surface area contributed by atoms with E-state index in [1.807, 2.05) is 36.4 Å². The molecule has 1 atom stereocenters. The Labute approximate surface area is 152 Å². The molecule has 132 valence electrons. The lowest BCUT2D eigenvalue weighted by Crippen LogP contribution is -2.37. The second-order valence-electron chi connectivity index (χ2n) is 6.49. The molecule has 1 amide bonds. The van der Waals surface area contributed by atoms with Crippen molar-refractivity contribution in [3.63, 3.8) is 0 Å². The van der Waals surface area contributed by atoms with Gasteiger partial charge in [-0.05, 0) is 49.8 Å². The highest BCUT2D eigenvalue weighted by atomic mass is 32.1. The van der Waals surface area contributed by atoms with Gasteiger partial charge in [-0.25, -0.2) is 4.79 Å². The van der Waals surface area contributed by atoms with Gasteiger partial charge in [-0.3, -0.25) is 4.79 Å². The van der Waals surface area contributed by atoms with E-state index in [4.69, 9.17) is 4.74 Å². The van der Waals surface area contributed by atoms with Crippen LogP contribution < -0.4 is 0 Å². The molecule has 1 heterocycles. The Kier molecular flexibility index (Phi) is 5.53. The van der Waals surface area contributed by atoms with E-state index in [-0.39, 0.29) is 5.91 Å². The number of hydrogen-bond donors (Lipinski definition) is 0. The minimum atomic E-state index is -0.791. The lowest BCUT2D eigenvalue weighted by molar-refractivity contribution is -0.139. The summed E-state index contributed by atoms with van der Waals surface area (Å²) in [7, 11) is 1.73. The van der Waals surface area contributed by atoms with Crippen LogP contribution in [-0.2, 0) is 28.9 Å². The molecular weight excluding hydrogens is 334 g/mol. The third-order valence-electron chi connectivity index (χ3n) is 4.47. The molecule has 25 heavy (non-hydrogen) atoms. The smallest absolute Gasteiger partial charge is 0.349 e. The maximum Gasteiger partial charge on any atom is 0.349 e. The molecule has 0 aliphatic heterocycles. The third-order valence-corrected chi connectivity index (χ3v) is 5.69. The number of esters is 1. The van der Waals surface area contributed by atoms with Crippen LogP contribution in [-0.4, -0.2) is 29.9 Å². The summed E-state index contributed by atoms with van der Waals surface area (Å²) in [4.78, 5) is 28.3. The molecular formula is C20H23NO3S. The number of thiophene rings is 1. The normalized spacial score (nSPS) is 14.5. The van der Waals surface area contributed by atoms with Gasteiger partial charge in [0, 0.05) is 18.5 Å². The number of fused-ring (bicyclic) bond motifs is 1. The second-order valence-corrected chi connectivity index (χ2v) is 7.63. The molecule has 0 N–H and O–H groups in total. The predicted octanol–water partition coefficient (Wildman–Crippen LogP) is 3.83. The third kappa shape index (κ3) is 4.28. The summed E-state index contributed by atoms with van der Waals surface area (Å²) >= 11 is 1.51. The topological polar surface area (TPSA) is 46.6 Å². The molecule has 1 aromatic carbocycles. The summed E-state index contributed by atoms with van der Waals surface area (Å²) in [5.74, 6) is -0.591. The van der Waals surface area contributed by atoms with E-state index >= 15 is 0 Å². The van der Waals surface area contributed by atoms with Crippen LogP contribution in [0, 0.1) is 0 Å². The first-order valence-corrected chi connectivity index (χ1v) is 9.47. The summed E-state index contributed by atoms with van der Waals surface area (Å²) in [6, 6.07) is 11.7. The van der Waals surface area contributed by atoms with Crippen LogP contribution >= 0.6 is 11.3 Å². The highest BCUT2D eigenvalue weighted by Crippen LogP contribution is 2.30. The summed E-state index contributed by atoms with van der Waals surface area (Å²) in [6.07, 6.45) is 3.65. The van der Waals surface area contributed by atoms with Crippen LogP contribution in [0.25, 0.3) is 0 Å². The lowest BCUT2D eigenvalue weighted by Gasteiger charge is -2.21. The molecule has 2 aromatic rings. The molecule has 1 aliphatic carbocycles. The SMILES string of the molecule is C[C@@H](OC(=O)c1cc2c(s1)CCCC2)C(=O)N(C)Cc1ccccc1. The number of benzene rings is 1. The summed E-state index contributed by atoms with van der Waals surface area (Å²) in [5.41, 5.74) is 2.31. The zero-order valence-electron chi connectivity index (χ0n) is 14.7. The number of aryl methyl sites for hydroxylation is 2. The maximum atomic E-state index is 12.5. The van der Waals surface area contributed by atoms with Gasteiger partial charge in [0.25, 0.3) is 5.91 Å². The van der Waals surface area contributed by atoms with Crippen molar-refractivity contribution in [2.75, 3.05) is 7.05 Å². The average molecular weight is 357 g/mol. The van der Waals surface area contributed by atoms with Gasteiger partial charge in [0.1, 0.15) is 4.88 Å². The molecule has 5 heteroatoms. The minimum absolute atomic E-state index is 0.196. The van der Waals surface area contributed by atoms with E-state index < -0.39 is 12.1 Å². The van der Waals surface area contributed by atoms with Crippen molar-refractivity contribution in [2.24, 2.45) is 0 Å². The first-order valence-electron chi connectivity index (χ1n) is 8.66. The van der Waals surface area contributed by atoms with E-state index in [0.717, 1.165) is 18.4 Å². The van der Waals surface area contributed by atoms with E-state index in [9.17, 15) is 9.59 Å². The minimum Gasteiger partial charge on any atom is -0.448 e. The van der Waals surface area contributed by atoms with Crippen LogP contribution in [0.1, 0.15) is 45.4 Å². The Bertz CT molecular complexity index is 730. The molecule has 0 bridgehead atoms. The first-order chi connectivity index (χ1) is 12.0. The number of nitrogens with zero attached hydrogens (tertiary/aromatic N) is 1. The Morgan fingerprint density at radius 1 is 1.20 bits per heavy atom. The van der Waals surface area contributed by atoms with Crippen LogP contribution in [0.2, 0.25) is 0 Å². The summed E-state index contributed by atoms with van der Waals surface area (Å²) < 4.78 is 5.42. The van der Waals surface area contributed by atoms with Crippen molar-refractivity contribution < 1.29 is 14.3 Å². The maximum absolute atomic E-state index is 12.5. The lowest BCUT2D eigenvalue weighted by atomic mass is 9.99. The highest BCUT2D eigenvalue weighted by molar-refractivity contribution is 7.14. The van der Waals surface area contributed by atoms with Gasteiger partial charge in [0.05, 0.1) is 0 Å². The molecule has 3 rings (SSSR count). The Hall–Kier alpha value is -2.14. The Balaban J connectivity index is 1.58. The van der Waals surface area contributed by atoms with Crippen molar-refractivity contribution in [2.45, 2.75) is 45.3 Å². The number of amides is 1. The van der Waals surface area contributed by atoms with Gasteiger partial charge in [-0.2, -0.15) is 0 Å². The number of ether oxygens (including phenoxy) is 1. The van der Waals surface area contributed by atoms with Crippen molar-refractivity contribution in [1.82, 2.24) is 4.90 Å². The fourth-order valence-electron chi connectivity index (χ4n) is 3.11. The first kappa shape index (κ1) is 17.7. The molecule has 0 fully saturated rings. The molecule has 0 saturated carbocycles. The molecule has 0 spiro atoms. The Morgan fingerprint density at radius 3 is 2.64 bits per heavy atom. The summed E-state index contributed by atoms with van der Waals surface area (Å²) in [6.45, 7) is 2.13. The molecule has 1 aromatic heterocycles. The fourth-order valence-corrected chi connectivity index (χ4v) is 4.24.